The van der Waals surface area contributed by atoms with E-state index in [9.17, 15) is 14.7 Å². The lowest BCUT2D eigenvalue weighted by molar-refractivity contribution is -0.144. The highest BCUT2D eigenvalue weighted by Gasteiger charge is 2.38. The van der Waals surface area contributed by atoms with Crippen LogP contribution in [-0.2, 0) is 16.1 Å². The summed E-state index contributed by atoms with van der Waals surface area (Å²) in [6.07, 6.45) is -0.221. The summed E-state index contributed by atoms with van der Waals surface area (Å²) < 4.78 is 5.10. The number of nitrogens with one attached hydrogen (secondary N) is 2. The van der Waals surface area contributed by atoms with Gasteiger partial charge >= 0.3 is 6.09 Å². The van der Waals surface area contributed by atoms with Gasteiger partial charge in [-0.1, -0.05) is 43.7 Å². The van der Waals surface area contributed by atoms with Crippen molar-refractivity contribution >= 4 is 12.0 Å². The Hall–Kier alpha value is -2.08. The molecule has 0 aromatic heterocycles. The van der Waals surface area contributed by atoms with Crippen LogP contribution in [0.15, 0.2) is 30.3 Å². The van der Waals surface area contributed by atoms with Crippen LogP contribution in [-0.4, -0.2) is 28.4 Å². The standard InChI is InChI=1S/C17H26N2O4/c1-5-11-17(22,19-15(21)23-16(2,3)4)14(20)18-12-13-9-7-6-8-10-13/h6-10,22H,5,11-12H2,1-4H3,(H,18,20)(H,19,21)/t17-/m0/s1. The van der Waals surface area contributed by atoms with Crippen molar-refractivity contribution in [2.75, 3.05) is 0 Å². The summed E-state index contributed by atoms with van der Waals surface area (Å²) in [6.45, 7) is 7.21. The molecule has 0 bridgehead atoms. The van der Waals surface area contributed by atoms with Gasteiger partial charge in [-0.05, 0) is 26.3 Å². The molecule has 23 heavy (non-hydrogen) atoms. The zero-order valence-corrected chi connectivity index (χ0v) is 14.2. The van der Waals surface area contributed by atoms with Crippen molar-refractivity contribution in [1.29, 1.82) is 0 Å². The molecule has 0 unspecified atom stereocenters. The van der Waals surface area contributed by atoms with Crippen LogP contribution in [0, 0.1) is 0 Å². The summed E-state index contributed by atoms with van der Waals surface area (Å²) >= 11 is 0. The molecule has 0 saturated carbocycles. The van der Waals surface area contributed by atoms with Crippen LogP contribution in [0.25, 0.3) is 0 Å². The molecule has 6 nitrogen and oxygen atoms in total. The third kappa shape index (κ3) is 6.69. The quantitative estimate of drug-likeness (QED) is 0.701. The van der Waals surface area contributed by atoms with E-state index in [1.807, 2.05) is 37.3 Å². The minimum atomic E-state index is -1.99. The van der Waals surface area contributed by atoms with Gasteiger partial charge in [-0.15, -0.1) is 0 Å². The Balaban J connectivity index is 2.70. The third-order valence-corrected chi connectivity index (χ3v) is 2.99. The molecule has 0 fully saturated rings. The zero-order chi connectivity index (χ0) is 17.5. The largest absolute Gasteiger partial charge is 0.444 e. The molecule has 0 heterocycles. The average molecular weight is 322 g/mol. The fraction of sp³-hybridized carbons (Fsp3) is 0.529. The number of alkyl carbamates (subject to hydrolysis) is 1. The van der Waals surface area contributed by atoms with Crippen molar-refractivity contribution in [3.63, 3.8) is 0 Å². The van der Waals surface area contributed by atoms with Crippen LogP contribution in [0.5, 0.6) is 0 Å². The average Bonchev–Trinajstić information content (AvgIpc) is 2.43. The second-order valence-electron chi connectivity index (χ2n) is 6.41. The fourth-order valence-corrected chi connectivity index (χ4v) is 1.99. The molecule has 1 aromatic rings. The number of aliphatic hydroxyl groups is 1. The maximum absolute atomic E-state index is 12.3. The molecular weight excluding hydrogens is 296 g/mol. The van der Waals surface area contributed by atoms with Crippen molar-refractivity contribution in [1.82, 2.24) is 10.6 Å². The molecule has 0 saturated heterocycles. The molecule has 0 aliphatic heterocycles. The maximum atomic E-state index is 12.3. The first-order valence-electron chi connectivity index (χ1n) is 7.72. The van der Waals surface area contributed by atoms with E-state index >= 15 is 0 Å². The Morgan fingerprint density at radius 1 is 1.17 bits per heavy atom. The van der Waals surface area contributed by atoms with E-state index in [-0.39, 0.29) is 13.0 Å². The monoisotopic (exact) mass is 322 g/mol. The minimum Gasteiger partial charge on any atom is -0.444 e. The molecule has 2 amide bonds. The van der Waals surface area contributed by atoms with Gasteiger partial charge in [0.15, 0.2) is 0 Å². The van der Waals surface area contributed by atoms with E-state index in [1.165, 1.54) is 0 Å². The zero-order valence-electron chi connectivity index (χ0n) is 14.2. The lowest BCUT2D eigenvalue weighted by Crippen LogP contribution is -2.59. The number of hydrogen-bond donors (Lipinski definition) is 3. The Bertz CT molecular complexity index is 525. The number of hydrogen-bond acceptors (Lipinski definition) is 4. The summed E-state index contributed by atoms with van der Waals surface area (Å²) in [4.78, 5) is 24.2. The normalized spacial score (nSPS) is 13.8. The van der Waals surface area contributed by atoms with Gasteiger partial charge < -0.3 is 15.2 Å². The molecular formula is C17H26N2O4. The molecule has 0 aliphatic rings. The maximum Gasteiger partial charge on any atom is 0.410 e. The summed E-state index contributed by atoms with van der Waals surface area (Å²) in [5, 5.41) is 15.4. The van der Waals surface area contributed by atoms with E-state index in [0.29, 0.717) is 6.42 Å². The van der Waals surface area contributed by atoms with Gasteiger partial charge in [0.2, 0.25) is 5.72 Å². The predicted molar refractivity (Wildman–Crippen MR) is 87.5 cm³/mol. The Labute approximate surface area is 137 Å². The summed E-state index contributed by atoms with van der Waals surface area (Å²) in [5.41, 5.74) is -1.80. The second-order valence-corrected chi connectivity index (χ2v) is 6.41. The van der Waals surface area contributed by atoms with Crippen molar-refractivity contribution in [2.45, 2.75) is 58.4 Å². The number of amides is 2. The first kappa shape index (κ1) is 19.0. The third-order valence-electron chi connectivity index (χ3n) is 2.99. The van der Waals surface area contributed by atoms with Gasteiger partial charge in [0.25, 0.3) is 5.91 Å². The van der Waals surface area contributed by atoms with Crippen LogP contribution < -0.4 is 10.6 Å². The summed E-state index contributed by atoms with van der Waals surface area (Å²) in [5.74, 6) is -0.658. The van der Waals surface area contributed by atoms with Gasteiger partial charge in [0.1, 0.15) is 5.60 Å². The van der Waals surface area contributed by atoms with E-state index < -0.39 is 23.3 Å². The summed E-state index contributed by atoms with van der Waals surface area (Å²) in [6, 6.07) is 9.32. The molecule has 6 heteroatoms. The van der Waals surface area contributed by atoms with Crippen LogP contribution >= 0.6 is 0 Å². The van der Waals surface area contributed by atoms with E-state index in [4.69, 9.17) is 4.74 Å². The molecule has 3 N–H and O–H groups in total. The number of benzene rings is 1. The fourth-order valence-electron chi connectivity index (χ4n) is 1.99. The molecule has 1 aromatic carbocycles. The Morgan fingerprint density at radius 3 is 2.30 bits per heavy atom. The van der Waals surface area contributed by atoms with E-state index in [1.54, 1.807) is 20.8 Å². The first-order valence-corrected chi connectivity index (χ1v) is 7.72. The molecule has 1 rings (SSSR count). The summed E-state index contributed by atoms with van der Waals surface area (Å²) in [7, 11) is 0. The molecule has 0 aliphatic carbocycles. The number of ether oxygens (including phenoxy) is 1. The van der Waals surface area contributed by atoms with Crippen LogP contribution in [0.2, 0.25) is 0 Å². The predicted octanol–water partition coefficient (Wildman–Crippen LogP) is 2.32. The SMILES string of the molecule is CCC[C@@](O)(NC(=O)OC(C)(C)C)C(=O)NCc1ccccc1. The van der Waals surface area contributed by atoms with E-state index in [2.05, 4.69) is 10.6 Å². The topological polar surface area (TPSA) is 87.7 Å². The van der Waals surface area contributed by atoms with Crippen molar-refractivity contribution < 1.29 is 19.4 Å². The molecule has 0 radical (unpaired) electrons. The van der Waals surface area contributed by atoms with E-state index in [0.717, 1.165) is 5.56 Å². The highest BCUT2D eigenvalue weighted by Crippen LogP contribution is 2.13. The first-order chi connectivity index (χ1) is 10.7. The number of carbonyl (C=O) groups excluding carboxylic acids is 2. The van der Waals surface area contributed by atoms with Crippen LogP contribution in [0.1, 0.15) is 46.1 Å². The Kier molecular flexibility index (Phi) is 6.57. The van der Waals surface area contributed by atoms with Gasteiger partial charge in [0.05, 0.1) is 0 Å². The number of rotatable bonds is 6. The minimum absolute atomic E-state index is 0.0901. The van der Waals surface area contributed by atoms with Gasteiger partial charge in [-0.2, -0.15) is 0 Å². The molecule has 128 valence electrons. The van der Waals surface area contributed by atoms with Gasteiger partial charge in [-0.3, -0.25) is 10.1 Å². The number of carbonyl (C=O) groups is 2. The van der Waals surface area contributed by atoms with Gasteiger partial charge in [-0.25, -0.2) is 4.79 Å². The van der Waals surface area contributed by atoms with Crippen LogP contribution in [0.3, 0.4) is 0 Å². The van der Waals surface area contributed by atoms with Crippen LogP contribution in [0.4, 0.5) is 4.79 Å². The van der Waals surface area contributed by atoms with Crippen molar-refractivity contribution in [3.05, 3.63) is 35.9 Å². The second kappa shape index (κ2) is 7.97. The van der Waals surface area contributed by atoms with Crippen molar-refractivity contribution in [2.24, 2.45) is 0 Å². The van der Waals surface area contributed by atoms with Gasteiger partial charge in [0, 0.05) is 13.0 Å². The van der Waals surface area contributed by atoms with Crippen molar-refractivity contribution in [3.8, 4) is 0 Å². The highest BCUT2D eigenvalue weighted by molar-refractivity contribution is 5.88. The lowest BCUT2D eigenvalue weighted by atomic mass is 10.1. The smallest absolute Gasteiger partial charge is 0.410 e. The lowest BCUT2D eigenvalue weighted by Gasteiger charge is -2.29. The molecule has 0 spiro atoms. The highest BCUT2D eigenvalue weighted by atomic mass is 16.6. The Morgan fingerprint density at radius 2 is 1.78 bits per heavy atom. The molecule has 1 atom stereocenters.